The second-order valence-electron chi connectivity index (χ2n) is 13.1. The quantitative estimate of drug-likeness (QED) is 0.0512. The monoisotopic (exact) mass is 553 g/mol. The van der Waals surface area contributed by atoms with Crippen molar-refractivity contribution in [3.8, 4) is 0 Å². The fourth-order valence-corrected chi connectivity index (χ4v) is 5.93. The minimum atomic E-state index is -0.412. The lowest BCUT2D eigenvalue weighted by Crippen LogP contribution is -2.16. The fraction of sp³-hybridized carbons (Fsp3) is 0.972. The predicted molar refractivity (Wildman–Crippen MR) is 171 cm³/mol. The Hall–Kier alpha value is -0.570. The van der Waals surface area contributed by atoms with Gasteiger partial charge in [0, 0.05) is 0 Å². The van der Waals surface area contributed by atoms with Crippen LogP contribution in [-0.2, 0) is 9.68 Å². The van der Waals surface area contributed by atoms with Crippen molar-refractivity contribution in [3.05, 3.63) is 0 Å². The Balaban J connectivity index is 3.50. The van der Waals surface area contributed by atoms with E-state index in [0.717, 1.165) is 31.6 Å². The maximum atomic E-state index is 12.0. The summed E-state index contributed by atoms with van der Waals surface area (Å²) in [5.74, 6) is 0.338. The van der Waals surface area contributed by atoms with Crippen molar-refractivity contribution in [1.29, 1.82) is 0 Å². The van der Waals surface area contributed by atoms with Gasteiger partial charge >= 0.3 is 5.97 Å². The van der Waals surface area contributed by atoms with Gasteiger partial charge in [-0.05, 0) is 18.8 Å². The van der Waals surface area contributed by atoms with Gasteiger partial charge in [0.2, 0.25) is 0 Å². The molecule has 0 amide bonds. The Morgan fingerprint density at radius 3 is 0.974 bits per heavy atom. The summed E-state index contributed by atoms with van der Waals surface area (Å²) < 4.78 is 0. The summed E-state index contributed by atoms with van der Waals surface area (Å²) in [7, 11) is 0. The molecule has 0 heterocycles. The molecule has 0 aromatic carbocycles. The van der Waals surface area contributed by atoms with Gasteiger partial charge in [-0.1, -0.05) is 201 Å². The standard InChI is InChI=1S/C36H72O3/c1-4-5-6-7-8-9-10-11-14-17-20-23-26-29-32-35(36(37)39-38)33-30-27-24-21-18-15-12-13-16-19-22-25-28-31-34(2)3/h34-35,38H,4-33H2,1-3H3. The summed E-state index contributed by atoms with van der Waals surface area (Å²) in [4.78, 5) is 16.1. The van der Waals surface area contributed by atoms with E-state index in [-0.39, 0.29) is 5.92 Å². The summed E-state index contributed by atoms with van der Waals surface area (Å²) in [6, 6.07) is 0. The highest BCUT2D eigenvalue weighted by Gasteiger charge is 2.19. The summed E-state index contributed by atoms with van der Waals surface area (Å²) >= 11 is 0. The van der Waals surface area contributed by atoms with Gasteiger partial charge in [0.05, 0.1) is 5.92 Å². The zero-order chi connectivity index (χ0) is 28.7. The molecule has 1 N–H and O–H groups in total. The molecule has 0 aromatic heterocycles. The van der Waals surface area contributed by atoms with E-state index in [4.69, 9.17) is 5.26 Å². The van der Waals surface area contributed by atoms with Crippen LogP contribution in [0.1, 0.15) is 213 Å². The molecule has 1 unspecified atom stereocenters. The average Bonchev–Trinajstić information content (AvgIpc) is 2.93. The van der Waals surface area contributed by atoms with E-state index in [2.05, 4.69) is 25.7 Å². The fourth-order valence-electron chi connectivity index (χ4n) is 5.93. The number of hydrogen-bond donors (Lipinski definition) is 1. The van der Waals surface area contributed by atoms with Crippen LogP contribution in [0.25, 0.3) is 0 Å². The molecule has 0 rings (SSSR count). The molecule has 0 saturated carbocycles. The van der Waals surface area contributed by atoms with Gasteiger partial charge in [-0.25, -0.2) is 4.79 Å². The van der Waals surface area contributed by atoms with Gasteiger partial charge in [0.15, 0.2) is 0 Å². The largest absolute Gasteiger partial charge is 0.345 e. The highest BCUT2D eigenvalue weighted by atomic mass is 17.1. The van der Waals surface area contributed by atoms with Crippen LogP contribution in [0.4, 0.5) is 0 Å². The lowest BCUT2D eigenvalue weighted by atomic mass is 9.94. The van der Waals surface area contributed by atoms with Crippen LogP contribution in [-0.4, -0.2) is 11.2 Å². The first-order chi connectivity index (χ1) is 19.1. The highest BCUT2D eigenvalue weighted by Crippen LogP contribution is 2.21. The van der Waals surface area contributed by atoms with Crippen LogP contribution < -0.4 is 0 Å². The predicted octanol–water partition coefficient (Wildman–Crippen LogP) is 13.0. The molecule has 234 valence electrons. The zero-order valence-electron chi connectivity index (χ0n) is 27.1. The lowest BCUT2D eigenvalue weighted by molar-refractivity contribution is -0.239. The number of hydrogen-bond acceptors (Lipinski definition) is 3. The van der Waals surface area contributed by atoms with Crippen molar-refractivity contribution in [2.24, 2.45) is 11.8 Å². The Morgan fingerprint density at radius 2 is 0.718 bits per heavy atom. The smallest absolute Gasteiger partial charge is 0.301 e. The molecular formula is C36H72O3. The van der Waals surface area contributed by atoms with Gasteiger partial charge in [-0.2, -0.15) is 5.26 Å². The van der Waals surface area contributed by atoms with E-state index in [9.17, 15) is 4.79 Å². The van der Waals surface area contributed by atoms with Crippen molar-refractivity contribution in [2.45, 2.75) is 213 Å². The molecule has 0 aliphatic carbocycles. The van der Waals surface area contributed by atoms with E-state index in [1.54, 1.807) is 0 Å². The van der Waals surface area contributed by atoms with Crippen molar-refractivity contribution in [2.75, 3.05) is 0 Å². The first-order valence-corrected chi connectivity index (χ1v) is 18.0. The minimum Gasteiger partial charge on any atom is -0.301 e. The first-order valence-electron chi connectivity index (χ1n) is 18.0. The SMILES string of the molecule is CCCCCCCCCCCCCCCCC(CCCCCCCCCCCCCCCC(C)C)C(=O)OO. The van der Waals surface area contributed by atoms with E-state index in [0.29, 0.717) is 0 Å². The molecule has 0 aliphatic rings. The maximum Gasteiger partial charge on any atom is 0.345 e. The highest BCUT2D eigenvalue weighted by molar-refractivity contribution is 5.71. The molecule has 3 nitrogen and oxygen atoms in total. The Bertz CT molecular complexity index is 476. The summed E-state index contributed by atoms with van der Waals surface area (Å²) in [5.41, 5.74) is 0. The van der Waals surface area contributed by atoms with Gasteiger partial charge in [0.1, 0.15) is 0 Å². The van der Waals surface area contributed by atoms with Gasteiger partial charge in [0.25, 0.3) is 0 Å². The van der Waals surface area contributed by atoms with Crippen LogP contribution in [0.15, 0.2) is 0 Å². The molecular weight excluding hydrogens is 480 g/mol. The van der Waals surface area contributed by atoms with Crippen LogP contribution in [0.2, 0.25) is 0 Å². The Kier molecular flexibility index (Phi) is 31.5. The molecule has 0 aromatic rings. The number of carbonyl (C=O) groups excluding carboxylic acids is 1. The molecule has 1 atom stereocenters. The summed E-state index contributed by atoms with van der Waals surface area (Å²) in [5, 5.41) is 8.91. The van der Waals surface area contributed by atoms with Gasteiger partial charge < -0.3 is 4.89 Å². The van der Waals surface area contributed by atoms with Crippen LogP contribution in [0, 0.1) is 11.8 Å². The molecule has 0 fully saturated rings. The van der Waals surface area contributed by atoms with Gasteiger partial charge in [-0.15, -0.1) is 0 Å². The lowest BCUT2D eigenvalue weighted by Gasteiger charge is -2.13. The second-order valence-corrected chi connectivity index (χ2v) is 13.1. The van der Waals surface area contributed by atoms with E-state index >= 15 is 0 Å². The minimum absolute atomic E-state index is 0.113. The Morgan fingerprint density at radius 1 is 0.462 bits per heavy atom. The third kappa shape index (κ3) is 30.2. The molecule has 0 radical (unpaired) electrons. The molecule has 0 saturated heterocycles. The van der Waals surface area contributed by atoms with Crippen molar-refractivity contribution >= 4 is 5.97 Å². The van der Waals surface area contributed by atoms with Crippen LogP contribution >= 0.6 is 0 Å². The Labute approximate surface area is 246 Å². The van der Waals surface area contributed by atoms with Crippen molar-refractivity contribution in [1.82, 2.24) is 0 Å². The summed E-state index contributed by atoms with van der Waals surface area (Å²) in [6.45, 7) is 6.93. The van der Waals surface area contributed by atoms with Crippen LogP contribution in [0.5, 0.6) is 0 Å². The van der Waals surface area contributed by atoms with E-state index in [1.807, 2.05) is 0 Å². The third-order valence-electron chi connectivity index (χ3n) is 8.66. The number of rotatable bonds is 32. The van der Waals surface area contributed by atoms with E-state index < -0.39 is 5.97 Å². The van der Waals surface area contributed by atoms with Crippen molar-refractivity contribution < 1.29 is 14.9 Å². The molecule has 39 heavy (non-hydrogen) atoms. The topological polar surface area (TPSA) is 46.5 Å². The summed E-state index contributed by atoms with van der Waals surface area (Å²) in [6.07, 6.45) is 39.5. The molecule has 3 heteroatoms. The molecule has 0 bridgehead atoms. The normalized spacial score (nSPS) is 12.3. The average molecular weight is 553 g/mol. The second kappa shape index (κ2) is 32.0. The zero-order valence-corrected chi connectivity index (χ0v) is 27.1. The van der Waals surface area contributed by atoms with Crippen molar-refractivity contribution in [3.63, 3.8) is 0 Å². The third-order valence-corrected chi connectivity index (χ3v) is 8.66. The molecule has 0 aliphatic heterocycles. The van der Waals surface area contributed by atoms with Gasteiger partial charge in [-0.3, -0.25) is 0 Å². The maximum absolute atomic E-state index is 12.0. The van der Waals surface area contributed by atoms with Crippen LogP contribution in [0.3, 0.4) is 0 Å². The molecule has 0 spiro atoms. The number of carbonyl (C=O) groups is 1. The number of unbranched alkanes of at least 4 members (excludes halogenated alkanes) is 25. The first kappa shape index (κ1) is 38.4. The van der Waals surface area contributed by atoms with E-state index in [1.165, 1.54) is 167 Å².